The number of rotatable bonds is 5. The fourth-order valence-corrected chi connectivity index (χ4v) is 4.23. The predicted octanol–water partition coefficient (Wildman–Crippen LogP) is 3.26. The van der Waals surface area contributed by atoms with Gasteiger partial charge in [-0.05, 0) is 24.3 Å². The SMILES string of the molecule is O=C(C(=O)N1CCN(C(=O)c2ccccc2)CC1)c1c[nH]c2c(-c3noc(CCl)n3)ccc(F)c12. The molecule has 5 rings (SSSR count). The van der Waals surface area contributed by atoms with E-state index in [-0.39, 0.29) is 53.1 Å². The van der Waals surface area contributed by atoms with E-state index in [0.717, 1.165) is 0 Å². The molecular formula is C24H19ClFN5O4. The summed E-state index contributed by atoms with van der Waals surface area (Å²) in [4.78, 5) is 48.7. The first-order valence-electron chi connectivity index (χ1n) is 10.8. The number of piperazine rings is 1. The molecule has 1 aliphatic heterocycles. The zero-order valence-corrected chi connectivity index (χ0v) is 19.1. The molecule has 2 aromatic carbocycles. The Labute approximate surface area is 203 Å². The number of hydrogen-bond donors (Lipinski definition) is 1. The van der Waals surface area contributed by atoms with Crippen molar-refractivity contribution in [2.75, 3.05) is 26.2 Å². The molecule has 0 spiro atoms. The van der Waals surface area contributed by atoms with Gasteiger partial charge in [0.1, 0.15) is 11.7 Å². The molecule has 2 aromatic heterocycles. The summed E-state index contributed by atoms with van der Waals surface area (Å²) in [6.07, 6.45) is 1.30. The summed E-state index contributed by atoms with van der Waals surface area (Å²) >= 11 is 5.71. The molecule has 2 amide bonds. The van der Waals surface area contributed by atoms with Crippen molar-refractivity contribution in [2.24, 2.45) is 0 Å². The third-order valence-electron chi connectivity index (χ3n) is 5.92. The number of fused-ring (bicyclic) bond motifs is 1. The Morgan fingerprint density at radius 2 is 1.74 bits per heavy atom. The van der Waals surface area contributed by atoms with E-state index in [1.165, 1.54) is 23.2 Å². The number of aromatic nitrogens is 3. The first-order valence-corrected chi connectivity index (χ1v) is 11.4. The molecule has 35 heavy (non-hydrogen) atoms. The summed E-state index contributed by atoms with van der Waals surface area (Å²) in [5, 5.41) is 3.81. The van der Waals surface area contributed by atoms with Gasteiger partial charge in [0.15, 0.2) is 0 Å². The highest BCUT2D eigenvalue weighted by Gasteiger charge is 2.31. The van der Waals surface area contributed by atoms with Crippen molar-refractivity contribution in [1.82, 2.24) is 24.9 Å². The molecule has 0 aliphatic carbocycles. The number of benzene rings is 2. The maximum atomic E-state index is 14.8. The van der Waals surface area contributed by atoms with Gasteiger partial charge in [0.2, 0.25) is 11.7 Å². The van der Waals surface area contributed by atoms with E-state index in [9.17, 15) is 18.8 Å². The summed E-state index contributed by atoms with van der Waals surface area (Å²) in [5.74, 6) is -2.00. The van der Waals surface area contributed by atoms with Crippen molar-refractivity contribution in [1.29, 1.82) is 0 Å². The largest absolute Gasteiger partial charge is 0.360 e. The van der Waals surface area contributed by atoms with Crippen molar-refractivity contribution in [2.45, 2.75) is 5.88 Å². The number of ketones is 1. The number of carbonyl (C=O) groups excluding carboxylic acids is 3. The van der Waals surface area contributed by atoms with Gasteiger partial charge < -0.3 is 19.3 Å². The van der Waals surface area contributed by atoms with E-state index >= 15 is 0 Å². The first kappa shape index (κ1) is 22.7. The highest BCUT2D eigenvalue weighted by atomic mass is 35.5. The van der Waals surface area contributed by atoms with Crippen LogP contribution in [0.2, 0.25) is 0 Å². The molecule has 1 saturated heterocycles. The molecule has 3 heterocycles. The van der Waals surface area contributed by atoms with Crippen LogP contribution in [0.25, 0.3) is 22.3 Å². The number of hydrogen-bond acceptors (Lipinski definition) is 6. The van der Waals surface area contributed by atoms with Crippen molar-refractivity contribution in [3.05, 3.63) is 71.5 Å². The minimum atomic E-state index is -0.843. The van der Waals surface area contributed by atoms with Crippen molar-refractivity contribution in [3.63, 3.8) is 0 Å². The molecule has 1 aliphatic rings. The van der Waals surface area contributed by atoms with Crippen molar-refractivity contribution in [3.8, 4) is 11.4 Å². The van der Waals surface area contributed by atoms with Gasteiger partial charge in [-0.2, -0.15) is 4.98 Å². The number of Topliss-reactive ketones (excluding diaryl/α,β-unsaturated/α-hetero) is 1. The van der Waals surface area contributed by atoms with Crippen LogP contribution in [-0.4, -0.2) is 68.7 Å². The normalized spacial score (nSPS) is 13.9. The predicted molar refractivity (Wildman–Crippen MR) is 124 cm³/mol. The minimum absolute atomic E-state index is 0.0184. The minimum Gasteiger partial charge on any atom is -0.360 e. The zero-order chi connectivity index (χ0) is 24.5. The van der Waals surface area contributed by atoms with Crippen molar-refractivity contribution >= 4 is 40.1 Å². The summed E-state index contributed by atoms with van der Waals surface area (Å²) < 4.78 is 19.8. The number of alkyl halides is 1. The summed E-state index contributed by atoms with van der Waals surface area (Å²) in [5.41, 5.74) is 1.14. The van der Waals surface area contributed by atoms with Crippen LogP contribution in [-0.2, 0) is 10.7 Å². The lowest BCUT2D eigenvalue weighted by Gasteiger charge is -2.34. The fourth-order valence-electron chi connectivity index (χ4n) is 4.13. The molecule has 0 saturated carbocycles. The lowest BCUT2D eigenvalue weighted by molar-refractivity contribution is -0.127. The van der Waals surface area contributed by atoms with Crippen LogP contribution in [0.1, 0.15) is 26.6 Å². The zero-order valence-electron chi connectivity index (χ0n) is 18.3. The molecule has 4 aromatic rings. The molecule has 9 nitrogen and oxygen atoms in total. The van der Waals surface area contributed by atoms with Crippen LogP contribution >= 0.6 is 11.6 Å². The van der Waals surface area contributed by atoms with Crippen LogP contribution in [0.4, 0.5) is 4.39 Å². The smallest absolute Gasteiger partial charge is 0.295 e. The second-order valence-corrected chi connectivity index (χ2v) is 8.24. The molecule has 1 fully saturated rings. The van der Waals surface area contributed by atoms with Gasteiger partial charge in [-0.15, -0.1) is 11.6 Å². The molecule has 0 radical (unpaired) electrons. The molecule has 178 valence electrons. The standard InChI is InChI=1S/C24H19ClFN5O4/c25-12-18-28-22(29-35-18)15-6-7-17(26)19-16(13-27-20(15)19)21(32)24(34)31-10-8-30(9-11-31)23(33)14-4-2-1-3-5-14/h1-7,13,27H,8-12H2. The third-order valence-corrected chi connectivity index (χ3v) is 6.15. The Morgan fingerprint density at radius 1 is 1.03 bits per heavy atom. The van der Waals surface area contributed by atoms with Gasteiger partial charge in [0.05, 0.1) is 11.1 Å². The Morgan fingerprint density at radius 3 is 2.43 bits per heavy atom. The topological polar surface area (TPSA) is 112 Å². The van der Waals surface area contributed by atoms with Gasteiger partial charge in [0, 0.05) is 48.9 Å². The lowest BCUT2D eigenvalue weighted by atomic mass is 10.0. The van der Waals surface area contributed by atoms with Crippen LogP contribution in [0.5, 0.6) is 0 Å². The van der Waals surface area contributed by atoms with E-state index in [1.54, 1.807) is 29.2 Å². The van der Waals surface area contributed by atoms with E-state index in [0.29, 0.717) is 24.2 Å². The van der Waals surface area contributed by atoms with Gasteiger partial charge in [-0.25, -0.2) is 4.39 Å². The van der Waals surface area contributed by atoms with Crippen LogP contribution in [0, 0.1) is 5.82 Å². The maximum Gasteiger partial charge on any atom is 0.295 e. The first-order chi connectivity index (χ1) is 17.0. The molecular weight excluding hydrogens is 477 g/mol. The molecule has 0 atom stereocenters. The van der Waals surface area contributed by atoms with Gasteiger partial charge in [-0.3, -0.25) is 14.4 Å². The number of H-pyrrole nitrogens is 1. The summed E-state index contributed by atoms with van der Waals surface area (Å²) in [7, 11) is 0. The van der Waals surface area contributed by atoms with E-state index in [1.807, 2.05) is 6.07 Å². The second kappa shape index (κ2) is 9.30. The van der Waals surface area contributed by atoms with Gasteiger partial charge in [0.25, 0.3) is 17.6 Å². The maximum absolute atomic E-state index is 14.8. The van der Waals surface area contributed by atoms with E-state index < -0.39 is 17.5 Å². The summed E-state index contributed by atoms with van der Waals surface area (Å²) in [6, 6.07) is 11.5. The number of nitrogens with zero attached hydrogens (tertiary/aromatic N) is 4. The van der Waals surface area contributed by atoms with Gasteiger partial charge >= 0.3 is 0 Å². The molecule has 0 bridgehead atoms. The molecule has 0 unspecified atom stereocenters. The number of aromatic amines is 1. The number of amides is 2. The second-order valence-electron chi connectivity index (χ2n) is 7.97. The van der Waals surface area contributed by atoms with E-state index in [4.69, 9.17) is 16.1 Å². The Bertz CT molecular complexity index is 1430. The average molecular weight is 496 g/mol. The Kier molecular flexibility index (Phi) is 6.04. The van der Waals surface area contributed by atoms with Crippen molar-refractivity contribution < 1.29 is 23.3 Å². The highest BCUT2D eigenvalue weighted by Crippen LogP contribution is 2.31. The van der Waals surface area contributed by atoms with E-state index in [2.05, 4.69) is 15.1 Å². The molecule has 11 heteroatoms. The monoisotopic (exact) mass is 495 g/mol. The highest BCUT2D eigenvalue weighted by molar-refractivity contribution is 6.45. The van der Waals surface area contributed by atoms with Crippen LogP contribution in [0.3, 0.4) is 0 Å². The number of nitrogens with one attached hydrogen (secondary N) is 1. The average Bonchev–Trinajstić information content (AvgIpc) is 3.57. The van der Waals surface area contributed by atoms with Gasteiger partial charge in [-0.1, -0.05) is 23.4 Å². The molecule has 1 N–H and O–H groups in total. The quantitative estimate of drug-likeness (QED) is 0.258. The third kappa shape index (κ3) is 4.17. The lowest BCUT2D eigenvalue weighted by Crippen LogP contribution is -2.52. The summed E-state index contributed by atoms with van der Waals surface area (Å²) in [6.45, 7) is 0.979. The Hall–Kier alpha value is -4.05. The Balaban J connectivity index is 1.35. The van der Waals surface area contributed by atoms with Crippen LogP contribution in [0.15, 0.2) is 53.2 Å². The number of halogens is 2. The number of carbonyl (C=O) groups is 3. The van der Waals surface area contributed by atoms with Crippen LogP contribution < -0.4 is 0 Å². The fraction of sp³-hybridized carbons (Fsp3) is 0.208.